The third kappa shape index (κ3) is 3.85. The molecule has 4 nitrogen and oxygen atoms in total. The SMILES string of the molecule is CCN(C)C(=O)COc1ccc(Br)cc1C=O. The molecule has 0 aliphatic carbocycles. The molecule has 5 heteroatoms. The van der Waals surface area contributed by atoms with Crippen LogP contribution < -0.4 is 4.74 Å². The third-order valence-electron chi connectivity index (χ3n) is 2.35. The van der Waals surface area contributed by atoms with Crippen LogP contribution in [0.1, 0.15) is 17.3 Å². The topological polar surface area (TPSA) is 46.6 Å². The first-order chi connectivity index (χ1) is 8.08. The molecule has 0 radical (unpaired) electrons. The van der Waals surface area contributed by atoms with Crippen molar-refractivity contribution in [3.63, 3.8) is 0 Å². The van der Waals surface area contributed by atoms with Gasteiger partial charge in [-0.15, -0.1) is 0 Å². The van der Waals surface area contributed by atoms with Gasteiger partial charge in [-0.1, -0.05) is 15.9 Å². The molecule has 0 aliphatic heterocycles. The maximum atomic E-state index is 11.5. The van der Waals surface area contributed by atoms with E-state index < -0.39 is 0 Å². The molecule has 17 heavy (non-hydrogen) atoms. The van der Waals surface area contributed by atoms with Gasteiger partial charge in [-0.2, -0.15) is 0 Å². The van der Waals surface area contributed by atoms with Gasteiger partial charge in [0, 0.05) is 18.1 Å². The summed E-state index contributed by atoms with van der Waals surface area (Å²) in [6.07, 6.45) is 0.702. The summed E-state index contributed by atoms with van der Waals surface area (Å²) in [5.74, 6) is 0.299. The van der Waals surface area contributed by atoms with Gasteiger partial charge in [0.1, 0.15) is 5.75 Å². The molecule has 1 rings (SSSR count). The molecule has 92 valence electrons. The van der Waals surface area contributed by atoms with Gasteiger partial charge >= 0.3 is 0 Å². The van der Waals surface area contributed by atoms with Crippen molar-refractivity contribution >= 4 is 28.1 Å². The predicted molar refractivity (Wildman–Crippen MR) is 68.3 cm³/mol. The molecule has 0 aliphatic rings. The molecule has 1 aromatic carbocycles. The van der Waals surface area contributed by atoms with Crippen LogP contribution in [0.25, 0.3) is 0 Å². The second-order valence-electron chi connectivity index (χ2n) is 3.50. The van der Waals surface area contributed by atoms with Crippen LogP contribution >= 0.6 is 15.9 Å². The van der Waals surface area contributed by atoms with Crippen LogP contribution in [0.15, 0.2) is 22.7 Å². The monoisotopic (exact) mass is 299 g/mol. The number of carbonyl (C=O) groups is 2. The van der Waals surface area contributed by atoms with Crippen LogP contribution in [0.5, 0.6) is 5.75 Å². The first kappa shape index (κ1) is 13.7. The van der Waals surface area contributed by atoms with Gasteiger partial charge in [-0.25, -0.2) is 0 Å². The Hall–Kier alpha value is -1.36. The Bertz CT molecular complexity index is 420. The lowest BCUT2D eigenvalue weighted by molar-refractivity contribution is -0.131. The standard InChI is InChI=1S/C12H14BrNO3/c1-3-14(2)12(16)8-17-11-5-4-10(13)6-9(11)7-15/h4-7H,3,8H2,1-2H3. The Kier molecular flexibility index (Phi) is 5.15. The van der Waals surface area contributed by atoms with Gasteiger partial charge in [-0.3, -0.25) is 9.59 Å². The Labute approximate surface area is 109 Å². The van der Waals surface area contributed by atoms with Crippen molar-refractivity contribution in [2.24, 2.45) is 0 Å². The molecular weight excluding hydrogens is 286 g/mol. The second-order valence-corrected chi connectivity index (χ2v) is 4.41. The minimum absolute atomic E-state index is 0.0627. The molecule has 0 heterocycles. The summed E-state index contributed by atoms with van der Waals surface area (Å²) >= 11 is 3.26. The first-order valence-corrected chi connectivity index (χ1v) is 5.99. The molecule has 0 saturated heterocycles. The number of benzene rings is 1. The van der Waals surface area contributed by atoms with E-state index in [1.807, 2.05) is 6.92 Å². The molecule has 1 amide bonds. The van der Waals surface area contributed by atoms with Crippen molar-refractivity contribution in [1.82, 2.24) is 4.90 Å². The Balaban J connectivity index is 2.69. The van der Waals surface area contributed by atoms with Crippen LogP contribution in [0.2, 0.25) is 0 Å². The zero-order valence-electron chi connectivity index (χ0n) is 9.77. The van der Waals surface area contributed by atoms with Crippen LogP contribution in [-0.2, 0) is 4.79 Å². The van der Waals surface area contributed by atoms with Gasteiger partial charge in [0.25, 0.3) is 5.91 Å². The molecule has 0 unspecified atom stereocenters. The normalized spacial score (nSPS) is 9.82. The van der Waals surface area contributed by atoms with E-state index in [0.717, 1.165) is 4.47 Å². The zero-order valence-corrected chi connectivity index (χ0v) is 11.4. The van der Waals surface area contributed by atoms with E-state index in [1.165, 1.54) is 0 Å². The number of nitrogens with zero attached hydrogens (tertiary/aromatic N) is 1. The highest BCUT2D eigenvalue weighted by Gasteiger charge is 2.09. The molecule has 1 aromatic rings. The molecule has 0 spiro atoms. The fraction of sp³-hybridized carbons (Fsp3) is 0.333. The fourth-order valence-corrected chi connectivity index (χ4v) is 1.55. The summed E-state index contributed by atoms with van der Waals surface area (Å²) < 4.78 is 6.12. The van der Waals surface area contributed by atoms with Gasteiger partial charge in [0.2, 0.25) is 0 Å². The number of hydrogen-bond acceptors (Lipinski definition) is 3. The van der Waals surface area contributed by atoms with E-state index in [2.05, 4.69) is 15.9 Å². The Morgan fingerprint density at radius 1 is 1.53 bits per heavy atom. The summed E-state index contributed by atoms with van der Waals surface area (Å²) in [7, 11) is 1.70. The number of likely N-dealkylation sites (N-methyl/N-ethyl adjacent to an activating group) is 1. The summed E-state index contributed by atoms with van der Waals surface area (Å²) in [6, 6.07) is 5.07. The highest BCUT2D eigenvalue weighted by atomic mass is 79.9. The fourth-order valence-electron chi connectivity index (χ4n) is 1.17. The van der Waals surface area contributed by atoms with Crippen molar-refractivity contribution < 1.29 is 14.3 Å². The summed E-state index contributed by atoms with van der Waals surface area (Å²) in [5, 5.41) is 0. The third-order valence-corrected chi connectivity index (χ3v) is 2.84. The quantitative estimate of drug-likeness (QED) is 0.783. The molecule has 0 N–H and O–H groups in total. The minimum atomic E-state index is -0.118. The smallest absolute Gasteiger partial charge is 0.260 e. The van der Waals surface area contributed by atoms with Crippen LogP contribution in [0.3, 0.4) is 0 Å². The highest BCUT2D eigenvalue weighted by molar-refractivity contribution is 9.10. The molecule has 0 saturated carbocycles. The second kappa shape index (κ2) is 6.39. The largest absolute Gasteiger partial charge is 0.483 e. The summed E-state index contributed by atoms with van der Waals surface area (Å²) in [4.78, 5) is 23.9. The average molecular weight is 300 g/mol. The summed E-state index contributed by atoms with van der Waals surface area (Å²) in [6.45, 7) is 2.45. The molecular formula is C12H14BrNO3. The Morgan fingerprint density at radius 3 is 2.82 bits per heavy atom. The van der Waals surface area contributed by atoms with Crippen LogP contribution in [-0.4, -0.2) is 37.3 Å². The van der Waals surface area contributed by atoms with Gasteiger partial charge in [0.15, 0.2) is 12.9 Å². The number of halogens is 1. The van der Waals surface area contributed by atoms with E-state index >= 15 is 0 Å². The molecule has 0 aromatic heterocycles. The van der Waals surface area contributed by atoms with Gasteiger partial charge in [-0.05, 0) is 25.1 Å². The van der Waals surface area contributed by atoms with Crippen molar-refractivity contribution in [2.75, 3.05) is 20.2 Å². The van der Waals surface area contributed by atoms with E-state index in [4.69, 9.17) is 4.74 Å². The van der Waals surface area contributed by atoms with E-state index in [0.29, 0.717) is 24.1 Å². The van der Waals surface area contributed by atoms with E-state index in [1.54, 1.807) is 30.1 Å². The minimum Gasteiger partial charge on any atom is -0.483 e. The maximum Gasteiger partial charge on any atom is 0.260 e. The van der Waals surface area contributed by atoms with Gasteiger partial charge in [0.05, 0.1) is 5.56 Å². The molecule has 0 bridgehead atoms. The zero-order chi connectivity index (χ0) is 12.8. The Morgan fingerprint density at radius 2 is 2.24 bits per heavy atom. The predicted octanol–water partition coefficient (Wildman–Crippen LogP) is 2.12. The average Bonchev–Trinajstić information content (AvgIpc) is 2.35. The van der Waals surface area contributed by atoms with Crippen LogP contribution in [0, 0.1) is 0 Å². The number of hydrogen-bond donors (Lipinski definition) is 0. The van der Waals surface area contributed by atoms with E-state index in [-0.39, 0.29) is 12.5 Å². The number of carbonyl (C=O) groups excluding carboxylic acids is 2. The molecule has 0 fully saturated rings. The molecule has 0 atom stereocenters. The lowest BCUT2D eigenvalue weighted by Crippen LogP contribution is -2.31. The van der Waals surface area contributed by atoms with Gasteiger partial charge < -0.3 is 9.64 Å². The number of aldehydes is 1. The highest BCUT2D eigenvalue weighted by Crippen LogP contribution is 2.21. The first-order valence-electron chi connectivity index (χ1n) is 5.20. The number of ether oxygens (including phenoxy) is 1. The maximum absolute atomic E-state index is 11.5. The van der Waals surface area contributed by atoms with Crippen molar-refractivity contribution in [3.8, 4) is 5.75 Å². The van der Waals surface area contributed by atoms with E-state index in [9.17, 15) is 9.59 Å². The number of amides is 1. The number of rotatable bonds is 5. The van der Waals surface area contributed by atoms with Crippen LogP contribution in [0.4, 0.5) is 0 Å². The van der Waals surface area contributed by atoms with Crippen molar-refractivity contribution in [3.05, 3.63) is 28.2 Å². The summed E-state index contributed by atoms with van der Waals surface area (Å²) in [5.41, 5.74) is 0.423. The lowest BCUT2D eigenvalue weighted by Gasteiger charge is -2.15. The van der Waals surface area contributed by atoms with Crippen molar-refractivity contribution in [2.45, 2.75) is 6.92 Å². The van der Waals surface area contributed by atoms with Crippen molar-refractivity contribution in [1.29, 1.82) is 0 Å². The lowest BCUT2D eigenvalue weighted by atomic mass is 10.2.